The SMILES string of the molecule is CCC1=C(CO/N=C(/C)c2ccc3c(c2)CCCC3)C(NC(=O)N(C)N=N)CC=C1. The summed E-state index contributed by atoms with van der Waals surface area (Å²) in [6.07, 6.45) is 10.5. The predicted octanol–water partition coefficient (Wildman–Crippen LogP) is 4.93. The standard InChI is InChI=1S/C23H31N5O2/c1-4-17-10-7-11-22(25-23(29)28(3)27-24)21(17)15-30-26-16(2)19-13-12-18-8-5-6-9-20(18)14-19/h7,10,12-14,22,24H,4-6,8-9,11,15H2,1-3H3,(H,25,29)/b26-16-,27-24?. The molecule has 2 amide bonds. The molecule has 7 nitrogen and oxygen atoms in total. The number of allylic oxidation sites excluding steroid dienone is 2. The second-order valence-corrected chi connectivity index (χ2v) is 7.81. The summed E-state index contributed by atoms with van der Waals surface area (Å²) in [5.41, 5.74) is 14.0. The molecule has 0 heterocycles. The molecule has 0 saturated heterocycles. The number of carbonyl (C=O) groups is 1. The highest BCUT2D eigenvalue weighted by Gasteiger charge is 2.23. The maximum atomic E-state index is 12.2. The van der Waals surface area contributed by atoms with Crippen LogP contribution in [-0.2, 0) is 17.7 Å². The Morgan fingerprint density at radius 1 is 1.30 bits per heavy atom. The van der Waals surface area contributed by atoms with Gasteiger partial charge in [-0.1, -0.05) is 41.6 Å². The molecule has 30 heavy (non-hydrogen) atoms. The number of hydrogen-bond donors (Lipinski definition) is 2. The van der Waals surface area contributed by atoms with E-state index >= 15 is 0 Å². The van der Waals surface area contributed by atoms with E-state index in [0.717, 1.165) is 40.3 Å². The third-order valence-corrected chi connectivity index (χ3v) is 5.83. The van der Waals surface area contributed by atoms with Crippen LogP contribution in [0, 0.1) is 5.53 Å². The fourth-order valence-electron chi connectivity index (χ4n) is 4.00. The van der Waals surface area contributed by atoms with Crippen LogP contribution >= 0.6 is 0 Å². The molecule has 160 valence electrons. The Kier molecular flexibility index (Phi) is 7.38. The lowest BCUT2D eigenvalue weighted by Crippen LogP contribution is -2.43. The normalized spacial score (nSPS) is 18.6. The van der Waals surface area contributed by atoms with Crippen molar-refractivity contribution in [3.05, 3.63) is 58.2 Å². The van der Waals surface area contributed by atoms with Gasteiger partial charge in [-0.25, -0.2) is 9.80 Å². The smallest absolute Gasteiger partial charge is 0.339 e. The number of benzene rings is 1. The minimum atomic E-state index is -0.410. The van der Waals surface area contributed by atoms with Crippen molar-refractivity contribution in [1.82, 2.24) is 10.3 Å². The van der Waals surface area contributed by atoms with Crippen LogP contribution in [-0.4, -0.2) is 36.4 Å². The molecule has 0 fully saturated rings. The number of nitrogens with one attached hydrogen (secondary N) is 2. The van der Waals surface area contributed by atoms with Gasteiger partial charge in [-0.3, -0.25) is 0 Å². The number of oxime groups is 1. The summed E-state index contributed by atoms with van der Waals surface area (Å²) in [5, 5.41) is 11.4. The van der Waals surface area contributed by atoms with E-state index in [1.165, 1.54) is 37.4 Å². The minimum absolute atomic E-state index is 0.194. The molecular formula is C23H31N5O2. The van der Waals surface area contributed by atoms with Crippen molar-refractivity contribution in [1.29, 1.82) is 5.53 Å². The van der Waals surface area contributed by atoms with Crippen LogP contribution < -0.4 is 5.32 Å². The number of rotatable bonds is 7. The van der Waals surface area contributed by atoms with Gasteiger partial charge in [0.1, 0.15) is 6.61 Å². The zero-order valence-corrected chi connectivity index (χ0v) is 18.1. The van der Waals surface area contributed by atoms with Crippen molar-refractivity contribution >= 4 is 11.7 Å². The van der Waals surface area contributed by atoms with E-state index in [0.29, 0.717) is 13.0 Å². The van der Waals surface area contributed by atoms with E-state index < -0.39 is 6.03 Å². The zero-order valence-electron chi connectivity index (χ0n) is 18.1. The maximum Gasteiger partial charge on any atom is 0.339 e. The van der Waals surface area contributed by atoms with Crippen molar-refractivity contribution in [2.45, 2.75) is 58.4 Å². The Balaban J connectivity index is 1.69. The summed E-state index contributed by atoms with van der Waals surface area (Å²) < 4.78 is 0. The number of aryl methyl sites for hydroxylation is 2. The fraction of sp³-hybridized carbons (Fsp3) is 0.478. The largest absolute Gasteiger partial charge is 0.391 e. The molecule has 2 aliphatic carbocycles. The molecule has 0 saturated carbocycles. The third kappa shape index (κ3) is 5.14. The lowest BCUT2D eigenvalue weighted by molar-refractivity contribution is 0.160. The van der Waals surface area contributed by atoms with Gasteiger partial charge in [-0.05, 0) is 79.4 Å². The summed E-state index contributed by atoms with van der Waals surface area (Å²) in [4.78, 5) is 17.9. The summed E-state index contributed by atoms with van der Waals surface area (Å²) >= 11 is 0. The van der Waals surface area contributed by atoms with E-state index in [4.69, 9.17) is 10.4 Å². The predicted molar refractivity (Wildman–Crippen MR) is 118 cm³/mol. The number of amides is 2. The van der Waals surface area contributed by atoms with Crippen molar-refractivity contribution in [3.63, 3.8) is 0 Å². The summed E-state index contributed by atoms with van der Waals surface area (Å²) in [6, 6.07) is 5.97. The molecule has 0 spiro atoms. The van der Waals surface area contributed by atoms with Crippen LogP contribution in [0.15, 0.2) is 51.9 Å². The highest BCUT2D eigenvalue weighted by molar-refractivity contribution is 5.98. The minimum Gasteiger partial charge on any atom is -0.391 e. The second-order valence-electron chi connectivity index (χ2n) is 7.81. The third-order valence-electron chi connectivity index (χ3n) is 5.83. The molecule has 1 aromatic carbocycles. The quantitative estimate of drug-likeness (QED) is 0.380. The Bertz CT molecular complexity index is 888. The first-order valence-corrected chi connectivity index (χ1v) is 10.6. The average molecular weight is 410 g/mol. The molecule has 0 bridgehead atoms. The van der Waals surface area contributed by atoms with E-state index in [2.05, 4.69) is 46.9 Å². The molecule has 1 atom stereocenters. The van der Waals surface area contributed by atoms with Crippen molar-refractivity contribution in [2.75, 3.05) is 13.7 Å². The average Bonchev–Trinajstić information content (AvgIpc) is 2.78. The van der Waals surface area contributed by atoms with Gasteiger partial charge in [0.25, 0.3) is 0 Å². The first-order valence-electron chi connectivity index (χ1n) is 10.6. The highest BCUT2D eigenvalue weighted by atomic mass is 16.6. The van der Waals surface area contributed by atoms with Gasteiger partial charge >= 0.3 is 6.03 Å². The molecular weight excluding hydrogens is 378 g/mol. The van der Waals surface area contributed by atoms with Crippen molar-refractivity contribution in [2.24, 2.45) is 10.4 Å². The zero-order chi connectivity index (χ0) is 21.5. The number of fused-ring (bicyclic) bond motifs is 1. The fourth-order valence-corrected chi connectivity index (χ4v) is 4.00. The van der Waals surface area contributed by atoms with Gasteiger partial charge in [-0.2, -0.15) is 5.53 Å². The molecule has 1 aromatic rings. The second kappa shape index (κ2) is 10.2. The van der Waals surface area contributed by atoms with Gasteiger partial charge in [0, 0.05) is 7.05 Å². The molecule has 2 aliphatic rings. The molecule has 0 aromatic heterocycles. The lowest BCUT2D eigenvalue weighted by atomic mass is 9.90. The number of hydrogen-bond acceptors (Lipinski definition) is 5. The topological polar surface area (TPSA) is 90.1 Å². The number of carbonyl (C=O) groups excluding carboxylic acids is 1. The van der Waals surface area contributed by atoms with Gasteiger partial charge in [0.05, 0.1) is 11.8 Å². The van der Waals surface area contributed by atoms with E-state index in [1.54, 1.807) is 0 Å². The van der Waals surface area contributed by atoms with Crippen LogP contribution in [0.3, 0.4) is 0 Å². The van der Waals surface area contributed by atoms with Gasteiger partial charge < -0.3 is 10.2 Å². The Morgan fingerprint density at radius 2 is 2.07 bits per heavy atom. The Labute approximate surface area is 178 Å². The van der Waals surface area contributed by atoms with E-state index in [9.17, 15) is 4.79 Å². The molecule has 7 heteroatoms. The Morgan fingerprint density at radius 3 is 2.80 bits per heavy atom. The molecule has 0 radical (unpaired) electrons. The van der Waals surface area contributed by atoms with Crippen LogP contribution in [0.2, 0.25) is 0 Å². The molecule has 1 unspecified atom stereocenters. The van der Waals surface area contributed by atoms with Crippen LogP contribution in [0.25, 0.3) is 0 Å². The van der Waals surface area contributed by atoms with E-state index in [-0.39, 0.29) is 6.04 Å². The summed E-state index contributed by atoms with van der Waals surface area (Å²) in [6.45, 7) is 4.35. The van der Waals surface area contributed by atoms with Crippen LogP contribution in [0.4, 0.5) is 4.79 Å². The van der Waals surface area contributed by atoms with Crippen molar-refractivity contribution in [3.8, 4) is 0 Å². The van der Waals surface area contributed by atoms with E-state index in [1.807, 2.05) is 13.0 Å². The molecule has 0 aliphatic heterocycles. The molecule has 2 N–H and O–H groups in total. The van der Waals surface area contributed by atoms with Gasteiger partial charge in [0.2, 0.25) is 0 Å². The summed E-state index contributed by atoms with van der Waals surface area (Å²) in [5.74, 6) is 0. The van der Waals surface area contributed by atoms with Crippen LogP contribution in [0.1, 0.15) is 56.2 Å². The lowest BCUT2D eigenvalue weighted by Gasteiger charge is -2.26. The van der Waals surface area contributed by atoms with Crippen LogP contribution in [0.5, 0.6) is 0 Å². The highest BCUT2D eigenvalue weighted by Crippen LogP contribution is 2.24. The first kappa shape index (κ1) is 21.7. The van der Waals surface area contributed by atoms with Gasteiger partial charge in [0.15, 0.2) is 0 Å². The first-order chi connectivity index (χ1) is 14.5. The van der Waals surface area contributed by atoms with Crippen molar-refractivity contribution < 1.29 is 9.63 Å². The monoisotopic (exact) mass is 409 g/mol. The maximum absolute atomic E-state index is 12.2. The number of nitrogens with zero attached hydrogens (tertiary/aromatic N) is 3. The Hall–Kier alpha value is -2.96. The number of urea groups is 1. The van der Waals surface area contributed by atoms with Gasteiger partial charge in [-0.15, -0.1) is 0 Å². The molecule has 3 rings (SSSR count). The summed E-state index contributed by atoms with van der Waals surface area (Å²) in [7, 11) is 1.45.